The van der Waals surface area contributed by atoms with E-state index in [0.29, 0.717) is 0 Å². The molecule has 0 aromatic heterocycles. The molecule has 7 aromatic rings. The number of amides is 2. The Morgan fingerprint density at radius 2 is 0.380 bits per heavy atom. The van der Waals surface area contributed by atoms with Crippen molar-refractivity contribution in [2.45, 2.75) is 12.8 Å². The van der Waals surface area contributed by atoms with Gasteiger partial charge in [-0.05, 0) is 11.1 Å². The van der Waals surface area contributed by atoms with Crippen molar-refractivity contribution in [3.63, 3.8) is 0 Å². The summed E-state index contributed by atoms with van der Waals surface area (Å²) in [4.78, 5) is 21.4. The molecule has 0 saturated carbocycles. The first-order valence-electron chi connectivity index (χ1n) is 16.2. The zero-order valence-electron chi connectivity index (χ0n) is 28.5. The Morgan fingerprint density at radius 3 is 0.480 bits per heavy atom. The third kappa shape index (κ3) is 28.9. The van der Waals surface area contributed by atoms with Crippen LogP contribution < -0.4 is 11.5 Å². The van der Waals surface area contributed by atoms with E-state index in [9.17, 15) is 9.59 Å². The zero-order chi connectivity index (χ0) is 36.0. The van der Waals surface area contributed by atoms with Crippen molar-refractivity contribution in [1.82, 2.24) is 0 Å². The van der Waals surface area contributed by atoms with Crippen molar-refractivity contribution in [3.8, 4) is 0 Å². The molecule has 4 heteroatoms. The van der Waals surface area contributed by atoms with Crippen LogP contribution in [0.2, 0.25) is 0 Å². The summed E-state index contributed by atoms with van der Waals surface area (Å²) in [5.41, 5.74) is 11.7. The molecule has 0 aliphatic heterocycles. The Labute approximate surface area is 298 Å². The van der Waals surface area contributed by atoms with Crippen LogP contribution in [0.25, 0.3) is 0 Å². The standard InChI is InChI=1S/C10H12N2O2.6C6H6/c11-9(13)5-7-3-1-2-4-8(7)6-10(12)14;6*1-2-4-6-5-3-1/h1-4H,5-6H2,(H2,11,13)(H2,12,14);6*1-6H. The van der Waals surface area contributed by atoms with E-state index in [0.717, 1.165) is 11.1 Å². The van der Waals surface area contributed by atoms with Crippen LogP contribution in [0.5, 0.6) is 0 Å². The lowest BCUT2D eigenvalue weighted by molar-refractivity contribution is -0.118. The second kappa shape index (κ2) is 32.4. The van der Waals surface area contributed by atoms with E-state index in [1.807, 2.05) is 218 Å². The van der Waals surface area contributed by atoms with Gasteiger partial charge in [-0.3, -0.25) is 9.59 Å². The molecule has 0 saturated heterocycles. The second-order valence-corrected chi connectivity index (χ2v) is 9.98. The van der Waals surface area contributed by atoms with Crippen molar-refractivity contribution in [2.24, 2.45) is 11.5 Å². The predicted molar refractivity (Wildman–Crippen MR) is 211 cm³/mol. The molecule has 0 unspecified atom stereocenters. The molecular formula is C46H48N2O2. The lowest BCUT2D eigenvalue weighted by Gasteiger charge is -2.05. The van der Waals surface area contributed by atoms with E-state index in [-0.39, 0.29) is 12.8 Å². The Morgan fingerprint density at radius 1 is 0.260 bits per heavy atom. The van der Waals surface area contributed by atoms with Gasteiger partial charge in [-0.2, -0.15) is 0 Å². The first-order valence-corrected chi connectivity index (χ1v) is 16.2. The van der Waals surface area contributed by atoms with Gasteiger partial charge in [0.25, 0.3) is 0 Å². The quantitative estimate of drug-likeness (QED) is 0.197. The van der Waals surface area contributed by atoms with Crippen LogP contribution in [0.3, 0.4) is 0 Å². The van der Waals surface area contributed by atoms with E-state index in [1.165, 1.54) is 0 Å². The Hall–Kier alpha value is -6.52. The van der Waals surface area contributed by atoms with Gasteiger partial charge in [0.15, 0.2) is 0 Å². The molecule has 2 amide bonds. The first kappa shape index (κ1) is 41.5. The van der Waals surface area contributed by atoms with Crippen LogP contribution in [0, 0.1) is 0 Å². The van der Waals surface area contributed by atoms with Crippen molar-refractivity contribution < 1.29 is 9.59 Å². The molecule has 7 aromatic carbocycles. The summed E-state index contributed by atoms with van der Waals surface area (Å²) in [6.07, 6.45) is 0.285. The summed E-state index contributed by atoms with van der Waals surface area (Å²) >= 11 is 0. The highest BCUT2D eigenvalue weighted by Gasteiger charge is 2.06. The van der Waals surface area contributed by atoms with Crippen LogP contribution in [-0.4, -0.2) is 11.8 Å². The highest BCUT2D eigenvalue weighted by Crippen LogP contribution is 2.09. The highest BCUT2D eigenvalue weighted by atomic mass is 16.1. The number of primary amides is 2. The number of carbonyl (C=O) groups excluding carboxylic acids is 2. The van der Waals surface area contributed by atoms with E-state index in [1.54, 1.807) is 24.3 Å². The van der Waals surface area contributed by atoms with E-state index < -0.39 is 11.8 Å². The smallest absolute Gasteiger partial charge is 0.221 e. The molecule has 254 valence electrons. The van der Waals surface area contributed by atoms with Crippen molar-refractivity contribution in [2.75, 3.05) is 0 Å². The highest BCUT2D eigenvalue weighted by molar-refractivity contribution is 5.80. The topological polar surface area (TPSA) is 86.2 Å². The number of carbonyl (C=O) groups is 2. The van der Waals surface area contributed by atoms with E-state index >= 15 is 0 Å². The minimum Gasteiger partial charge on any atom is -0.369 e. The van der Waals surface area contributed by atoms with E-state index in [2.05, 4.69) is 0 Å². The number of rotatable bonds is 4. The fourth-order valence-electron chi connectivity index (χ4n) is 3.59. The Kier molecular flexibility index (Phi) is 26.9. The van der Waals surface area contributed by atoms with Crippen LogP contribution in [0.4, 0.5) is 0 Å². The van der Waals surface area contributed by atoms with Gasteiger partial charge >= 0.3 is 0 Å². The normalized spacial score (nSPS) is 8.48. The Bertz CT molecular complexity index is 1230. The predicted octanol–water partition coefficient (Wildman–Crippen LogP) is 9.86. The first-order chi connectivity index (χ1) is 24.6. The van der Waals surface area contributed by atoms with Crippen LogP contribution in [-0.2, 0) is 22.4 Å². The molecule has 0 atom stereocenters. The minimum atomic E-state index is -0.415. The molecule has 0 heterocycles. The SMILES string of the molecule is NC(=O)Cc1ccccc1CC(N)=O.c1ccccc1.c1ccccc1.c1ccccc1.c1ccccc1.c1ccccc1.c1ccccc1. The summed E-state index contributed by atoms with van der Waals surface area (Å²) in [7, 11) is 0. The van der Waals surface area contributed by atoms with Gasteiger partial charge in [0, 0.05) is 0 Å². The maximum absolute atomic E-state index is 10.7. The van der Waals surface area contributed by atoms with Gasteiger partial charge in [-0.25, -0.2) is 0 Å². The van der Waals surface area contributed by atoms with Crippen molar-refractivity contribution in [3.05, 3.63) is 254 Å². The fourth-order valence-corrected chi connectivity index (χ4v) is 3.59. The average Bonchev–Trinajstić information content (AvgIpc) is 3.21. The molecule has 0 spiro atoms. The molecule has 0 fully saturated rings. The Balaban J connectivity index is 0.000000302. The summed E-state index contributed by atoms with van der Waals surface area (Å²) in [5.74, 6) is -0.830. The molecule has 7 rings (SSSR count). The van der Waals surface area contributed by atoms with Crippen molar-refractivity contribution >= 4 is 11.8 Å². The van der Waals surface area contributed by atoms with Gasteiger partial charge in [0.1, 0.15) is 0 Å². The number of benzene rings is 7. The molecular weight excluding hydrogens is 613 g/mol. The number of nitrogens with two attached hydrogens (primary N) is 2. The molecule has 4 nitrogen and oxygen atoms in total. The lowest BCUT2D eigenvalue weighted by Crippen LogP contribution is -2.18. The minimum absolute atomic E-state index is 0.142. The molecule has 0 radical (unpaired) electrons. The summed E-state index contributed by atoms with van der Waals surface area (Å²) in [6.45, 7) is 0. The third-order valence-electron chi connectivity index (χ3n) is 5.85. The largest absolute Gasteiger partial charge is 0.369 e. The van der Waals surface area contributed by atoms with Crippen LogP contribution >= 0.6 is 0 Å². The van der Waals surface area contributed by atoms with Gasteiger partial charge in [0.05, 0.1) is 12.8 Å². The fraction of sp³-hybridized carbons (Fsp3) is 0.0435. The molecule has 0 bridgehead atoms. The third-order valence-corrected chi connectivity index (χ3v) is 5.85. The van der Waals surface area contributed by atoms with Gasteiger partial charge in [-0.15, -0.1) is 0 Å². The zero-order valence-corrected chi connectivity index (χ0v) is 28.5. The van der Waals surface area contributed by atoms with Gasteiger partial charge in [-0.1, -0.05) is 243 Å². The number of hydrogen-bond donors (Lipinski definition) is 2. The maximum atomic E-state index is 10.7. The molecule has 0 aliphatic rings. The molecule has 4 N–H and O–H groups in total. The molecule has 50 heavy (non-hydrogen) atoms. The van der Waals surface area contributed by atoms with Crippen molar-refractivity contribution in [1.29, 1.82) is 0 Å². The summed E-state index contributed by atoms with van der Waals surface area (Å²) < 4.78 is 0. The van der Waals surface area contributed by atoms with E-state index in [4.69, 9.17) is 11.5 Å². The number of hydrogen-bond acceptors (Lipinski definition) is 2. The monoisotopic (exact) mass is 660 g/mol. The van der Waals surface area contributed by atoms with Gasteiger partial charge in [0.2, 0.25) is 11.8 Å². The van der Waals surface area contributed by atoms with Crippen LogP contribution in [0.1, 0.15) is 11.1 Å². The second-order valence-electron chi connectivity index (χ2n) is 9.98. The summed E-state index contributed by atoms with van der Waals surface area (Å²) in [5, 5.41) is 0. The van der Waals surface area contributed by atoms with Gasteiger partial charge < -0.3 is 11.5 Å². The average molecular weight is 661 g/mol. The van der Waals surface area contributed by atoms with Crippen LogP contribution in [0.15, 0.2) is 243 Å². The lowest BCUT2D eigenvalue weighted by atomic mass is 10.0. The summed E-state index contributed by atoms with van der Waals surface area (Å²) in [6, 6.07) is 79.1. The maximum Gasteiger partial charge on any atom is 0.221 e. The molecule has 0 aliphatic carbocycles.